The number of thioether (sulfide) groups is 1. The standard InChI is InChI=1S/C16H17ClN4O2S2/c1-10-8-11-4-2-3-5-12(11)21(10)14(23)9-24-16-20-19-15(25-16)18-13(22)6-7-17/h2-5,10H,6-9H2,1H3,(H,18,19,22). The second kappa shape index (κ2) is 8.16. The summed E-state index contributed by atoms with van der Waals surface area (Å²) in [6.07, 6.45) is 1.11. The van der Waals surface area contributed by atoms with E-state index < -0.39 is 0 Å². The lowest BCUT2D eigenvalue weighted by Gasteiger charge is -2.22. The lowest BCUT2D eigenvalue weighted by molar-refractivity contribution is -0.117. The largest absolute Gasteiger partial charge is 0.308 e. The minimum atomic E-state index is -0.193. The molecule has 2 amide bonds. The van der Waals surface area contributed by atoms with Crippen molar-refractivity contribution in [1.82, 2.24) is 10.2 Å². The molecule has 0 fully saturated rings. The summed E-state index contributed by atoms with van der Waals surface area (Å²) in [5.74, 6) is 0.394. The lowest BCUT2D eigenvalue weighted by atomic mass is 10.1. The smallest absolute Gasteiger partial charge is 0.237 e. The average molecular weight is 397 g/mol. The summed E-state index contributed by atoms with van der Waals surface area (Å²) in [7, 11) is 0. The predicted molar refractivity (Wildman–Crippen MR) is 102 cm³/mol. The number of anilines is 2. The Bertz CT molecular complexity index is 783. The maximum Gasteiger partial charge on any atom is 0.237 e. The summed E-state index contributed by atoms with van der Waals surface area (Å²) in [4.78, 5) is 26.0. The number of hydrogen-bond acceptors (Lipinski definition) is 6. The van der Waals surface area contributed by atoms with E-state index in [-0.39, 0.29) is 35.9 Å². The molecule has 2 heterocycles. The molecule has 9 heteroatoms. The van der Waals surface area contributed by atoms with Crippen LogP contribution in [0.2, 0.25) is 0 Å². The number of nitrogens with one attached hydrogen (secondary N) is 1. The first-order chi connectivity index (χ1) is 12.1. The Labute approximate surface area is 159 Å². The topological polar surface area (TPSA) is 75.2 Å². The van der Waals surface area contributed by atoms with Crippen molar-refractivity contribution in [2.75, 3.05) is 21.8 Å². The highest BCUT2D eigenvalue weighted by Gasteiger charge is 2.30. The van der Waals surface area contributed by atoms with Crippen molar-refractivity contribution in [2.45, 2.75) is 30.1 Å². The van der Waals surface area contributed by atoms with Gasteiger partial charge in [0.25, 0.3) is 0 Å². The van der Waals surface area contributed by atoms with Crippen LogP contribution in [0.5, 0.6) is 0 Å². The summed E-state index contributed by atoms with van der Waals surface area (Å²) in [6.45, 7) is 2.05. The molecule has 0 radical (unpaired) electrons. The molecule has 132 valence electrons. The van der Waals surface area contributed by atoms with Gasteiger partial charge in [-0.1, -0.05) is 41.3 Å². The van der Waals surface area contributed by atoms with Crippen LogP contribution in [0, 0.1) is 0 Å². The number of carbonyl (C=O) groups is 2. The fourth-order valence-corrected chi connectivity index (χ4v) is 4.52. The number of alkyl halides is 1. The van der Waals surface area contributed by atoms with Gasteiger partial charge in [-0.05, 0) is 25.0 Å². The number of fused-ring (bicyclic) bond motifs is 1. The Kier molecular flexibility index (Phi) is 5.93. The second-order valence-corrected chi connectivity index (χ2v) is 8.17. The molecule has 1 aromatic heterocycles. The first kappa shape index (κ1) is 18.2. The number of amides is 2. The monoisotopic (exact) mass is 396 g/mol. The van der Waals surface area contributed by atoms with Crippen molar-refractivity contribution in [2.24, 2.45) is 0 Å². The van der Waals surface area contributed by atoms with Crippen LogP contribution in [0.25, 0.3) is 0 Å². The van der Waals surface area contributed by atoms with Gasteiger partial charge in [0.1, 0.15) is 0 Å². The zero-order valence-corrected chi connectivity index (χ0v) is 16.0. The number of rotatable bonds is 6. The van der Waals surface area contributed by atoms with Crippen molar-refractivity contribution in [3.63, 3.8) is 0 Å². The Hall–Kier alpha value is -1.64. The minimum absolute atomic E-state index is 0.0466. The van der Waals surface area contributed by atoms with Gasteiger partial charge in [-0.3, -0.25) is 9.59 Å². The molecular weight excluding hydrogens is 380 g/mol. The lowest BCUT2D eigenvalue weighted by Crippen LogP contribution is -2.36. The fourth-order valence-electron chi connectivity index (χ4n) is 2.72. The third-order valence-electron chi connectivity index (χ3n) is 3.77. The molecule has 1 aromatic carbocycles. The Morgan fingerprint density at radius 2 is 2.20 bits per heavy atom. The summed E-state index contributed by atoms with van der Waals surface area (Å²) in [5.41, 5.74) is 2.19. The number of nitrogens with zero attached hydrogens (tertiary/aromatic N) is 3. The quantitative estimate of drug-likeness (QED) is 0.461. The molecule has 0 spiro atoms. The normalized spacial score (nSPS) is 15.9. The summed E-state index contributed by atoms with van der Waals surface area (Å²) >= 11 is 8.11. The van der Waals surface area contributed by atoms with Gasteiger partial charge in [-0.2, -0.15) is 0 Å². The van der Waals surface area contributed by atoms with Crippen molar-refractivity contribution in [3.05, 3.63) is 29.8 Å². The van der Waals surface area contributed by atoms with Crippen LogP contribution in [0.4, 0.5) is 10.8 Å². The summed E-state index contributed by atoms with van der Waals surface area (Å²) < 4.78 is 0.648. The zero-order valence-electron chi connectivity index (χ0n) is 13.6. The van der Waals surface area contributed by atoms with Gasteiger partial charge in [-0.15, -0.1) is 21.8 Å². The molecule has 0 aliphatic carbocycles. The third kappa shape index (κ3) is 4.31. The highest BCUT2D eigenvalue weighted by molar-refractivity contribution is 8.01. The Morgan fingerprint density at radius 3 is 3.00 bits per heavy atom. The van der Waals surface area contributed by atoms with E-state index in [2.05, 4.69) is 28.5 Å². The van der Waals surface area contributed by atoms with Crippen molar-refractivity contribution in [3.8, 4) is 0 Å². The average Bonchev–Trinajstić information content (AvgIpc) is 3.16. The van der Waals surface area contributed by atoms with Gasteiger partial charge in [-0.25, -0.2) is 0 Å². The number of halogens is 1. The molecule has 1 N–H and O–H groups in total. The first-order valence-electron chi connectivity index (χ1n) is 7.80. The number of para-hydroxylation sites is 1. The van der Waals surface area contributed by atoms with Crippen LogP contribution in [-0.2, 0) is 16.0 Å². The van der Waals surface area contributed by atoms with E-state index in [0.29, 0.717) is 9.47 Å². The molecule has 6 nitrogen and oxygen atoms in total. The molecule has 3 rings (SSSR count). The van der Waals surface area contributed by atoms with Gasteiger partial charge < -0.3 is 10.2 Å². The van der Waals surface area contributed by atoms with E-state index in [9.17, 15) is 9.59 Å². The van der Waals surface area contributed by atoms with Gasteiger partial charge in [0, 0.05) is 24.0 Å². The number of carbonyl (C=O) groups excluding carboxylic acids is 2. The van der Waals surface area contributed by atoms with Crippen LogP contribution < -0.4 is 10.2 Å². The first-order valence-corrected chi connectivity index (χ1v) is 10.1. The molecule has 0 saturated heterocycles. The maximum absolute atomic E-state index is 12.6. The fraction of sp³-hybridized carbons (Fsp3) is 0.375. The van der Waals surface area contributed by atoms with E-state index >= 15 is 0 Å². The molecular formula is C16H17ClN4O2S2. The van der Waals surface area contributed by atoms with Crippen LogP contribution in [-0.4, -0.2) is 39.7 Å². The Balaban J connectivity index is 1.58. The van der Waals surface area contributed by atoms with E-state index in [1.165, 1.54) is 28.7 Å². The van der Waals surface area contributed by atoms with Crippen LogP contribution in [0.1, 0.15) is 18.9 Å². The molecule has 2 aromatic rings. The van der Waals surface area contributed by atoms with Crippen LogP contribution in [0.3, 0.4) is 0 Å². The van der Waals surface area contributed by atoms with Gasteiger partial charge >= 0.3 is 0 Å². The minimum Gasteiger partial charge on any atom is -0.308 e. The molecule has 1 aliphatic rings. The van der Waals surface area contributed by atoms with E-state index in [4.69, 9.17) is 11.6 Å². The van der Waals surface area contributed by atoms with Crippen LogP contribution >= 0.6 is 34.7 Å². The number of aromatic nitrogens is 2. The summed E-state index contributed by atoms with van der Waals surface area (Å²) in [6, 6.07) is 8.15. The highest BCUT2D eigenvalue weighted by atomic mass is 35.5. The third-order valence-corrected chi connectivity index (χ3v) is 5.92. The van der Waals surface area contributed by atoms with Gasteiger partial charge in [0.05, 0.1) is 5.75 Å². The van der Waals surface area contributed by atoms with E-state index in [1.807, 2.05) is 23.1 Å². The maximum atomic E-state index is 12.6. The predicted octanol–water partition coefficient (Wildman–Crippen LogP) is 3.18. The molecule has 25 heavy (non-hydrogen) atoms. The molecule has 1 atom stereocenters. The molecule has 0 bridgehead atoms. The van der Waals surface area contributed by atoms with E-state index in [0.717, 1.165) is 12.1 Å². The summed E-state index contributed by atoms with van der Waals surface area (Å²) in [5, 5.41) is 11.0. The highest BCUT2D eigenvalue weighted by Crippen LogP contribution is 2.33. The second-order valence-electron chi connectivity index (χ2n) is 5.59. The molecule has 0 saturated carbocycles. The Morgan fingerprint density at radius 1 is 1.40 bits per heavy atom. The number of benzene rings is 1. The molecule has 1 unspecified atom stereocenters. The zero-order chi connectivity index (χ0) is 17.8. The van der Waals surface area contributed by atoms with Crippen molar-refractivity contribution >= 4 is 57.3 Å². The SMILES string of the molecule is CC1Cc2ccccc2N1C(=O)CSc1nnc(NC(=O)CCCl)s1. The number of hydrogen-bond donors (Lipinski definition) is 1. The van der Waals surface area contributed by atoms with Crippen LogP contribution in [0.15, 0.2) is 28.6 Å². The van der Waals surface area contributed by atoms with Gasteiger partial charge in [0.15, 0.2) is 4.34 Å². The van der Waals surface area contributed by atoms with Crippen molar-refractivity contribution in [1.29, 1.82) is 0 Å². The van der Waals surface area contributed by atoms with E-state index in [1.54, 1.807) is 0 Å². The molecule has 1 aliphatic heterocycles. The van der Waals surface area contributed by atoms with Gasteiger partial charge in [0.2, 0.25) is 16.9 Å². The van der Waals surface area contributed by atoms with Crippen molar-refractivity contribution < 1.29 is 9.59 Å².